The van der Waals surface area contributed by atoms with Crippen LogP contribution in [0.5, 0.6) is 0 Å². The first-order valence-electron chi connectivity index (χ1n) is 9.17. The quantitative estimate of drug-likeness (QED) is 0.737. The Morgan fingerprint density at radius 3 is 2.19 bits per heavy atom. The fourth-order valence-electron chi connectivity index (χ4n) is 2.98. The Balaban J connectivity index is 1.84. The second-order valence-corrected chi connectivity index (χ2v) is 8.62. The molecule has 1 N–H and O–H groups in total. The first-order valence-corrected chi connectivity index (χ1v) is 10.8. The van der Waals surface area contributed by atoms with Crippen LogP contribution < -0.4 is 10.2 Å². The summed E-state index contributed by atoms with van der Waals surface area (Å²) in [6.45, 7) is 8.48. The number of hydrogen-bond acceptors (Lipinski definition) is 5. The van der Waals surface area contributed by atoms with Gasteiger partial charge >= 0.3 is 0 Å². The van der Waals surface area contributed by atoms with Crippen LogP contribution in [0.15, 0.2) is 24.3 Å². The molecule has 0 atom stereocenters. The van der Waals surface area contributed by atoms with E-state index in [1.54, 1.807) is 0 Å². The minimum Gasteiger partial charge on any atom is -0.372 e. The van der Waals surface area contributed by atoms with Crippen LogP contribution in [-0.2, 0) is 14.8 Å². The molecule has 0 bridgehead atoms. The molecule has 1 aromatic rings. The van der Waals surface area contributed by atoms with E-state index >= 15 is 0 Å². The molecule has 1 heterocycles. The highest BCUT2D eigenvalue weighted by Crippen LogP contribution is 2.18. The lowest BCUT2D eigenvalue weighted by atomic mass is 10.2. The van der Waals surface area contributed by atoms with Gasteiger partial charge in [-0.3, -0.25) is 4.79 Å². The number of benzene rings is 1. The lowest BCUT2D eigenvalue weighted by Gasteiger charge is -2.31. The van der Waals surface area contributed by atoms with Crippen molar-refractivity contribution < 1.29 is 13.2 Å². The van der Waals surface area contributed by atoms with Crippen molar-refractivity contribution in [2.24, 2.45) is 0 Å². The highest BCUT2D eigenvalue weighted by Gasteiger charge is 2.26. The summed E-state index contributed by atoms with van der Waals surface area (Å²) < 4.78 is 26.2. The fourth-order valence-corrected chi connectivity index (χ4v) is 4.41. The third-order valence-corrected chi connectivity index (χ3v) is 6.59. The predicted octanol–water partition coefficient (Wildman–Crippen LogP) is 1.44. The van der Waals surface area contributed by atoms with Gasteiger partial charge in [-0.1, -0.05) is 0 Å². The van der Waals surface area contributed by atoms with E-state index in [-0.39, 0.29) is 18.1 Å². The molecule has 7 nitrogen and oxygen atoms in total. The van der Waals surface area contributed by atoms with Gasteiger partial charge in [0.1, 0.15) is 0 Å². The van der Waals surface area contributed by atoms with Crippen LogP contribution in [0.3, 0.4) is 0 Å². The van der Waals surface area contributed by atoms with E-state index in [4.69, 9.17) is 0 Å². The maximum Gasteiger partial charge on any atom is 0.225 e. The van der Waals surface area contributed by atoms with Crippen LogP contribution in [0.25, 0.3) is 0 Å². The van der Waals surface area contributed by atoms with Crippen LogP contribution in [0.1, 0.15) is 20.3 Å². The fraction of sp³-hybridized carbons (Fsp3) is 0.611. The molecule has 1 aliphatic rings. The SMILES string of the molecule is CCN(CC)c1ccc(NC(=O)CCS(=O)(=O)N2CCN(C)CC2)cc1. The first kappa shape index (κ1) is 20.7. The summed E-state index contributed by atoms with van der Waals surface area (Å²) in [5.41, 5.74) is 1.79. The van der Waals surface area contributed by atoms with Gasteiger partial charge in [-0.05, 0) is 45.2 Å². The van der Waals surface area contributed by atoms with Crippen LogP contribution in [0, 0.1) is 0 Å². The summed E-state index contributed by atoms with van der Waals surface area (Å²) in [6, 6.07) is 7.62. The van der Waals surface area contributed by atoms with E-state index in [9.17, 15) is 13.2 Å². The number of carbonyl (C=O) groups is 1. The summed E-state index contributed by atoms with van der Waals surface area (Å²) in [5, 5.41) is 2.78. The van der Waals surface area contributed by atoms with Crippen LogP contribution in [-0.4, -0.2) is 75.6 Å². The number of likely N-dealkylation sites (N-methyl/N-ethyl adjacent to an activating group) is 1. The Hall–Kier alpha value is -1.64. The lowest BCUT2D eigenvalue weighted by molar-refractivity contribution is -0.115. The lowest BCUT2D eigenvalue weighted by Crippen LogP contribution is -2.47. The Kier molecular flexibility index (Phi) is 7.43. The second-order valence-electron chi connectivity index (χ2n) is 6.54. The van der Waals surface area contributed by atoms with E-state index in [2.05, 4.69) is 29.0 Å². The number of nitrogens with one attached hydrogen (secondary N) is 1. The van der Waals surface area contributed by atoms with Crippen molar-refractivity contribution in [3.63, 3.8) is 0 Å². The van der Waals surface area contributed by atoms with Crippen LogP contribution in [0.4, 0.5) is 11.4 Å². The highest BCUT2D eigenvalue weighted by atomic mass is 32.2. The smallest absolute Gasteiger partial charge is 0.225 e. The molecule has 1 fully saturated rings. The molecular formula is C18H30N4O3S. The summed E-state index contributed by atoms with van der Waals surface area (Å²) in [7, 11) is -1.40. The summed E-state index contributed by atoms with van der Waals surface area (Å²) in [6.07, 6.45) is -0.0352. The topological polar surface area (TPSA) is 73.0 Å². The molecule has 0 spiro atoms. The maximum atomic E-state index is 12.4. The normalized spacial score (nSPS) is 16.4. The maximum absolute atomic E-state index is 12.4. The minimum absolute atomic E-state index is 0.0352. The van der Waals surface area contributed by atoms with Gasteiger partial charge < -0.3 is 15.1 Å². The zero-order valence-electron chi connectivity index (χ0n) is 15.9. The number of rotatable bonds is 8. The third kappa shape index (κ3) is 5.69. The number of nitrogens with zero attached hydrogens (tertiary/aromatic N) is 3. The summed E-state index contributed by atoms with van der Waals surface area (Å²) >= 11 is 0. The molecule has 2 rings (SSSR count). The number of amides is 1. The zero-order valence-corrected chi connectivity index (χ0v) is 16.8. The van der Waals surface area contributed by atoms with Gasteiger partial charge in [0.05, 0.1) is 5.75 Å². The molecule has 1 saturated heterocycles. The predicted molar refractivity (Wildman–Crippen MR) is 106 cm³/mol. The number of sulfonamides is 1. The number of carbonyl (C=O) groups excluding carboxylic acids is 1. The summed E-state index contributed by atoms with van der Waals surface area (Å²) in [4.78, 5) is 16.4. The average molecular weight is 383 g/mol. The molecule has 146 valence electrons. The summed E-state index contributed by atoms with van der Waals surface area (Å²) in [5.74, 6) is -0.432. The van der Waals surface area contributed by atoms with E-state index in [0.717, 1.165) is 31.9 Å². The van der Waals surface area contributed by atoms with Gasteiger partial charge in [-0.15, -0.1) is 0 Å². The van der Waals surface area contributed by atoms with Gasteiger partial charge in [-0.2, -0.15) is 4.31 Å². The Bertz CT molecular complexity index is 679. The number of anilines is 2. The molecular weight excluding hydrogens is 352 g/mol. The van der Waals surface area contributed by atoms with E-state index in [1.807, 2.05) is 31.3 Å². The van der Waals surface area contributed by atoms with Gasteiger partial charge in [-0.25, -0.2) is 8.42 Å². The average Bonchev–Trinajstić information content (AvgIpc) is 2.63. The molecule has 0 unspecified atom stereocenters. The molecule has 1 amide bonds. The molecule has 26 heavy (non-hydrogen) atoms. The largest absolute Gasteiger partial charge is 0.372 e. The number of hydrogen-bond donors (Lipinski definition) is 1. The second kappa shape index (κ2) is 9.34. The zero-order chi connectivity index (χ0) is 19.2. The molecule has 1 aromatic carbocycles. The van der Waals surface area contributed by atoms with E-state index in [0.29, 0.717) is 18.8 Å². The first-order chi connectivity index (χ1) is 12.4. The van der Waals surface area contributed by atoms with Crippen molar-refractivity contribution in [2.75, 3.05) is 62.3 Å². The van der Waals surface area contributed by atoms with Gasteiger partial charge in [0.25, 0.3) is 0 Å². The van der Waals surface area contributed by atoms with Crippen molar-refractivity contribution in [3.05, 3.63) is 24.3 Å². The third-order valence-electron chi connectivity index (χ3n) is 4.72. The molecule has 1 aliphatic heterocycles. The van der Waals surface area contributed by atoms with E-state index in [1.165, 1.54) is 4.31 Å². The molecule has 0 radical (unpaired) electrons. The van der Waals surface area contributed by atoms with Crippen LogP contribution >= 0.6 is 0 Å². The molecule has 0 saturated carbocycles. The molecule has 8 heteroatoms. The van der Waals surface area contributed by atoms with Crippen molar-refractivity contribution in [2.45, 2.75) is 20.3 Å². The minimum atomic E-state index is -3.38. The Labute approximate surface area is 157 Å². The van der Waals surface area contributed by atoms with Crippen molar-refractivity contribution >= 4 is 27.3 Å². The standard InChI is InChI=1S/C18H30N4O3S/c1-4-21(5-2)17-8-6-16(7-9-17)19-18(23)10-15-26(24,25)22-13-11-20(3)12-14-22/h6-9H,4-5,10-15H2,1-3H3,(H,19,23). The van der Waals surface area contributed by atoms with Gasteiger partial charge in [0.15, 0.2) is 0 Å². The monoisotopic (exact) mass is 382 g/mol. The number of piperazine rings is 1. The van der Waals surface area contributed by atoms with Gasteiger partial charge in [0, 0.05) is 57.1 Å². The molecule has 0 aromatic heterocycles. The Morgan fingerprint density at radius 1 is 1.08 bits per heavy atom. The van der Waals surface area contributed by atoms with Crippen molar-refractivity contribution in [1.82, 2.24) is 9.21 Å². The van der Waals surface area contributed by atoms with Gasteiger partial charge in [0.2, 0.25) is 15.9 Å². The molecule has 0 aliphatic carbocycles. The van der Waals surface area contributed by atoms with E-state index < -0.39 is 10.0 Å². The van der Waals surface area contributed by atoms with Crippen molar-refractivity contribution in [3.8, 4) is 0 Å². The van der Waals surface area contributed by atoms with Crippen LogP contribution in [0.2, 0.25) is 0 Å². The van der Waals surface area contributed by atoms with Crippen molar-refractivity contribution in [1.29, 1.82) is 0 Å². The highest BCUT2D eigenvalue weighted by molar-refractivity contribution is 7.89. The Morgan fingerprint density at radius 2 is 1.65 bits per heavy atom.